The quantitative estimate of drug-likeness (QED) is 0.134. The van der Waals surface area contributed by atoms with Crippen molar-refractivity contribution < 1.29 is 43.3 Å². The van der Waals surface area contributed by atoms with E-state index < -0.39 is 53.0 Å². The smallest absolute Gasteiger partial charge is 0.355 e. The molecule has 4 aliphatic heterocycles. The number of methoxy groups -OCH3 is 1. The fraction of sp³-hybridized carbons (Fsp3) is 0.566. The summed E-state index contributed by atoms with van der Waals surface area (Å²) in [7, 11) is 3.22. The third-order valence-corrected chi connectivity index (χ3v) is 15.2. The van der Waals surface area contributed by atoms with Gasteiger partial charge in [-0.25, -0.2) is 14.6 Å². The van der Waals surface area contributed by atoms with Crippen LogP contribution in [0.3, 0.4) is 0 Å². The van der Waals surface area contributed by atoms with Crippen molar-refractivity contribution in [1.82, 2.24) is 49.9 Å². The molecule has 4 aliphatic rings. The Morgan fingerprint density at radius 1 is 1.07 bits per heavy atom. The molecule has 0 saturated carbocycles. The number of rotatable bonds is 11. The Morgan fingerprint density at radius 2 is 1.84 bits per heavy atom. The lowest BCUT2D eigenvalue weighted by molar-refractivity contribution is -0.189. The second kappa shape index (κ2) is 22.8. The Morgan fingerprint density at radius 3 is 2.58 bits per heavy atom. The zero-order valence-electron chi connectivity index (χ0n) is 43.5. The van der Waals surface area contributed by atoms with Gasteiger partial charge >= 0.3 is 12.0 Å². The second-order valence-corrected chi connectivity index (χ2v) is 21.7. The number of amides is 5. The first kappa shape index (κ1) is 53.5. The molecule has 3 saturated heterocycles. The number of hydrogen-bond donors (Lipinski definition) is 3. The van der Waals surface area contributed by atoms with Crippen LogP contribution in [0.25, 0.3) is 33.4 Å². The lowest BCUT2D eigenvalue weighted by Gasteiger charge is -2.41. The standard InChI is InChI=1S/C53H72N10O9S/c1-9-62-42-17-16-36-28-38(42)39(47(62)37-14-10-19-54-45(37)35(4)70-8)30-52(5,6)32-72-50(67)53(69)18-12-23-63(57-53)49(66)40(29-43-55-41(36)31-73-43)56-48(65)46(34(2)3)58(7)51(68)61-22-13-21-60(33-61)44(64)15-11-20-59-24-26-71-27-25-59/h10-11,14-17,19,28,31,34-35,40,46,57,69H,9,12-13,18,20-27,29-30,32-33H2,1-8H3,(H,56,65)/b15-11+/t35-,40-,46-,53-/m0/s1. The summed E-state index contributed by atoms with van der Waals surface area (Å²) >= 11 is 1.35. The normalized spacial score (nSPS) is 22.1. The number of aromatic nitrogens is 3. The molecule has 0 aliphatic carbocycles. The van der Waals surface area contributed by atoms with Crippen molar-refractivity contribution in [2.45, 2.75) is 104 Å². The Bertz CT molecular complexity index is 2700. The van der Waals surface area contributed by atoms with Crippen LogP contribution in [0.4, 0.5) is 4.79 Å². The average molecular weight is 1030 g/mol. The fourth-order valence-corrected chi connectivity index (χ4v) is 11.3. The largest absolute Gasteiger partial charge is 0.462 e. The zero-order valence-corrected chi connectivity index (χ0v) is 44.3. The predicted octanol–water partition coefficient (Wildman–Crippen LogP) is 4.98. The first-order valence-electron chi connectivity index (χ1n) is 25.6. The molecule has 0 radical (unpaired) electrons. The molecular formula is C53H72N10O9S. The molecule has 6 bridgehead atoms. The lowest BCUT2D eigenvalue weighted by Crippen LogP contribution is -2.67. The molecule has 4 atom stereocenters. The number of carbonyl (C=O) groups excluding carboxylic acids is 5. The number of hydrazine groups is 1. The summed E-state index contributed by atoms with van der Waals surface area (Å²) in [6.45, 7) is 17.0. The van der Waals surface area contributed by atoms with Crippen LogP contribution in [0.2, 0.25) is 0 Å². The molecule has 4 aromatic rings. The molecule has 8 rings (SSSR count). The van der Waals surface area contributed by atoms with E-state index >= 15 is 0 Å². The SMILES string of the molecule is CCn1c(-c2cccnc2[C@H](C)OC)c2c3cc(ccc31)-c1csc(n1)C[C@H](NC(=O)[C@H](C(C)C)N(C)C(=O)N1CCCN(C(=O)/C=C/CN3CCOCC3)C1)C(=O)N1CCC[C@@](O)(N1)C(=O)OCC(C)(C)C2. The van der Waals surface area contributed by atoms with E-state index in [0.29, 0.717) is 62.9 Å². The maximum atomic E-state index is 14.8. The number of ether oxygens (including phenoxy) is 3. The van der Waals surface area contributed by atoms with Crippen LogP contribution in [-0.4, -0.2) is 172 Å². The lowest BCUT2D eigenvalue weighted by atomic mass is 9.84. The molecule has 3 fully saturated rings. The summed E-state index contributed by atoms with van der Waals surface area (Å²) in [4.78, 5) is 87.6. The van der Waals surface area contributed by atoms with Gasteiger partial charge in [0.2, 0.25) is 17.5 Å². The van der Waals surface area contributed by atoms with Gasteiger partial charge in [0.25, 0.3) is 5.91 Å². The Balaban J connectivity index is 1.10. The summed E-state index contributed by atoms with van der Waals surface area (Å²) in [5.41, 5.74) is 6.19. The Hall–Kier alpha value is -5.77. The monoisotopic (exact) mass is 1020 g/mol. The Kier molecular flexibility index (Phi) is 16.7. The van der Waals surface area contributed by atoms with E-state index in [1.807, 2.05) is 58.2 Å². The highest BCUT2D eigenvalue weighted by Gasteiger charge is 2.46. The maximum Gasteiger partial charge on any atom is 0.355 e. The molecule has 3 aromatic heterocycles. The van der Waals surface area contributed by atoms with Gasteiger partial charge in [-0.1, -0.05) is 39.8 Å². The first-order chi connectivity index (χ1) is 34.9. The van der Waals surface area contributed by atoms with Gasteiger partial charge in [-0.3, -0.25) is 29.3 Å². The van der Waals surface area contributed by atoms with Crippen LogP contribution in [0.1, 0.15) is 83.2 Å². The number of carbonyl (C=O) groups is 5. The van der Waals surface area contributed by atoms with Crippen LogP contribution in [0, 0.1) is 11.3 Å². The molecule has 7 heterocycles. The highest BCUT2D eigenvalue weighted by atomic mass is 32.1. The molecular weight excluding hydrogens is 953 g/mol. The second-order valence-electron chi connectivity index (χ2n) is 20.7. The number of cyclic esters (lactones) is 1. The summed E-state index contributed by atoms with van der Waals surface area (Å²) in [6.07, 6.45) is 6.13. The Labute approximate surface area is 431 Å². The maximum absolute atomic E-state index is 14.8. The number of aliphatic hydroxyl groups is 1. The summed E-state index contributed by atoms with van der Waals surface area (Å²) < 4.78 is 19.5. The third kappa shape index (κ3) is 11.8. The molecule has 5 amide bonds. The highest BCUT2D eigenvalue weighted by Crippen LogP contribution is 2.42. The van der Waals surface area contributed by atoms with E-state index in [1.54, 1.807) is 36.2 Å². The topological polar surface area (TPSA) is 204 Å². The minimum absolute atomic E-state index is 0.0200. The molecule has 1 aromatic carbocycles. The number of likely N-dealkylation sites (N-methyl/N-ethyl adjacent to an activating group) is 1. The van der Waals surface area contributed by atoms with Gasteiger partial charge in [0.15, 0.2) is 0 Å². The van der Waals surface area contributed by atoms with Crippen molar-refractivity contribution in [2.24, 2.45) is 11.3 Å². The van der Waals surface area contributed by atoms with Crippen LogP contribution in [0.5, 0.6) is 0 Å². The van der Waals surface area contributed by atoms with Gasteiger partial charge in [-0.15, -0.1) is 11.3 Å². The van der Waals surface area contributed by atoms with Crippen LogP contribution >= 0.6 is 11.3 Å². The van der Waals surface area contributed by atoms with E-state index in [-0.39, 0.29) is 51.1 Å². The molecule has 20 heteroatoms. The van der Waals surface area contributed by atoms with Crippen molar-refractivity contribution in [3.63, 3.8) is 0 Å². The predicted molar refractivity (Wildman–Crippen MR) is 277 cm³/mol. The first-order valence-corrected chi connectivity index (χ1v) is 26.4. The number of urea groups is 1. The number of hydrogen-bond acceptors (Lipinski definition) is 14. The molecule has 0 spiro atoms. The number of aryl methyl sites for hydroxylation is 1. The van der Waals surface area contributed by atoms with Crippen molar-refractivity contribution in [3.05, 3.63) is 70.3 Å². The summed E-state index contributed by atoms with van der Waals surface area (Å²) in [6, 6.07) is 7.57. The molecule has 19 nitrogen and oxygen atoms in total. The van der Waals surface area contributed by atoms with Crippen LogP contribution < -0.4 is 10.7 Å². The van der Waals surface area contributed by atoms with Crippen molar-refractivity contribution >= 4 is 52.0 Å². The minimum atomic E-state index is -2.24. The molecule has 3 N–H and O–H groups in total. The van der Waals surface area contributed by atoms with Gasteiger partial charge in [-0.05, 0) is 68.9 Å². The number of nitrogens with one attached hydrogen (secondary N) is 2. The number of fused-ring (bicyclic) bond motifs is 6. The molecule has 0 unspecified atom stereocenters. The van der Waals surface area contributed by atoms with E-state index in [2.05, 4.69) is 45.3 Å². The van der Waals surface area contributed by atoms with E-state index in [1.165, 1.54) is 21.2 Å². The third-order valence-electron chi connectivity index (χ3n) is 14.4. The summed E-state index contributed by atoms with van der Waals surface area (Å²) in [5, 5.41) is 19.6. The number of pyridine rings is 1. The molecule has 73 heavy (non-hydrogen) atoms. The number of thiazole rings is 1. The average Bonchev–Trinajstić information content (AvgIpc) is 3.98. The number of morpholine rings is 1. The van der Waals surface area contributed by atoms with Crippen LogP contribution in [0.15, 0.2) is 54.1 Å². The number of esters is 1. The van der Waals surface area contributed by atoms with E-state index in [4.69, 9.17) is 24.2 Å². The van der Waals surface area contributed by atoms with E-state index in [0.717, 1.165) is 52.1 Å². The van der Waals surface area contributed by atoms with Crippen LogP contribution in [-0.2, 0) is 52.8 Å². The minimum Gasteiger partial charge on any atom is -0.462 e. The van der Waals surface area contributed by atoms with E-state index in [9.17, 15) is 29.1 Å². The summed E-state index contributed by atoms with van der Waals surface area (Å²) in [5.74, 6) is -2.68. The van der Waals surface area contributed by atoms with Crippen molar-refractivity contribution in [1.29, 1.82) is 0 Å². The van der Waals surface area contributed by atoms with Gasteiger partial charge in [0, 0.05) is 118 Å². The van der Waals surface area contributed by atoms with Gasteiger partial charge in [0.1, 0.15) is 12.1 Å². The number of benzene rings is 1. The van der Waals surface area contributed by atoms with Crippen molar-refractivity contribution in [2.75, 3.05) is 79.9 Å². The van der Waals surface area contributed by atoms with Gasteiger partial charge in [0.05, 0.1) is 54.7 Å². The zero-order chi connectivity index (χ0) is 52.2. The van der Waals surface area contributed by atoms with Gasteiger partial charge in [-0.2, -0.15) is 5.43 Å². The highest BCUT2D eigenvalue weighted by molar-refractivity contribution is 7.10. The number of nitrogens with zero attached hydrogens (tertiary/aromatic N) is 8. The molecule has 394 valence electrons. The fourth-order valence-electron chi connectivity index (χ4n) is 10.5. The van der Waals surface area contributed by atoms with Crippen molar-refractivity contribution in [3.8, 4) is 22.5 Å². The van der Waals surface area contributed by atoms with Gasteiger partial charge < -0.3 is 43.9 Å².